The molecule has 0 aromatic carbocycles. The molecule has 0 radical (unpaired) electrons. The Hall–Kier alpha value is -2.36. The maximum absolute atomic E-state index is 14.3. The van der Waals surface area contributed by atoms with Crippen molar-refractivity contribution in [1.82, 2.24) is 29.5 Å². The Balaban J connectivity index is 1.61. The molecule has 1 amide bonds. The number of carbonyl (C=O) groups excluding carboxylic acids is 1. The number of aryl methyl sites for hydroxylation is 1. The van der Waals surface area contributed by atoms with Crippen LogP contribution in [0.2, 0.25) is 0 Å². The van der Waals surface area contributed by atoms with E-state index in [2.05, 4.69) is 26.9 Å². The number of carbonyl (C=O) groups is 1. The molecule has 9 heteroatoms. The lowest BCUT2D eigenvalue weighted by molar-refractivity contribution is -0.0724. The molecule has 2 aromatic rings. The van der Waals surface area contributed by atoms with Crippen molar-refractivity contribution >= 4 is 5.91 Å². The number of morpholine rings is 1. The molecule has 0 bridgehead atoms. The summed E-state index contributed by atoms with van der Waals surface area (Å²) in [4.78, 5) is 23.5. The van der Waals surface area contributed by atoms with Crippen LogP contribution in [0.3, 0.4) is 0 Å². The van der Waals surface area contributed by atoms with Crippen LogP contribution >= 0.6 is 0 Å². The first-order chi connectivity index (χ1) is 14.5. The monoisotopic (exact) mass is 416 g/mol. The van der Waals surface area contributed by atoms with Crippen molar-refractivity contribution in [3.63, 3.8) is 0 Å². The largest absolute Gasteiger partial charge is 0.373 e. The van der Waals surface area contributed by atoms with Gasteiger partial charge in [-0.3, -0.25) is 19.4 Å². The van der Waals surface area contributed by atoms with Crippen LogP contribution in [0, 0.1) is 5.82 Å². The Morgan fingerprint density at radius 3 is 2.83 bits per heavy atom. The number of rotatable bonds is 4. The molecule has 0 N–H and O–H groups in total. The molecule has 2 aliphatic rings. The van der Waals surface area contributed by atoms with Crippen molar-refractivity contribution in [2.75, 3.05) is 52.9 Å². The van der Waals surface area contributed by atoms with Gasteiger partial charge in [-0.1, -0.05) is 0 Å². The highest BCUT2D eigenvalue weighted by Gasteiger charge is 2.39. The van der Waals surface area contributed by atoms with E-state index in [-0.39, 0.29) is 23.6 Å². The van der Waals surface area contributed by atoms with Gasteiger partial charge < -0.3 is 14.5 Å². The van der Waals surface area contributed by atoms with Crippen LogP contribution in [0.25, 0.3) is 0 Å². The molecule has 4 heterocycles. The van der Waals surface area contributed by atoms with Crippen LogP contribution in [0.5, 0.6) is 0 Å². The molecule has 8 nitrogen and oxygen atoms in total. The first-order valence-corrected chi connectivity index (χ1v) is 10.4. The van der Waals surface area contributed by atoms with Gasteiger partial charge in [-0.2, -0.15) is 5.10 Å². The Labute approximate surface area is 176 Å². The average molecular weight is 417 g/mol. The highest BCUT2D eigenvalue weighted by molar-refractivity contribution is 5.94. The van der Waals surface area contributed by atoms with Crippen LogP contribution in [-0.2, 0) is 11.8 Å². The molecule has 2 aromatic heterocycles. The number of aromatic nitrogens is 3. The first kappa shape index (κ1) is 20.9. The summed E-state index contributed by atoms with van der Waals surface area (Å²) in [6.45, 7) is 5.60. The summed E-state index contributed by atoms with van der Waals surface area (Å²) in [5, 5.41) is 4.30. The highest BCUT2D eigenvalue weighted by atomic mass is 19.1. The number of pyridine rings is 1. The Bertz CT molecular complexity index is 875. The van der Waals surface area contributed by atoms with Gasteiger partial charge in [0.1, 0.15) is 0 Å². The summed E-state index contributed by atoms with van der Waals surface area (Å²) in [5.41, 5.74) is 0.938. The predicted molar refractivity (Wildman–Crippen MR) is 109 cm³/mol. The zero-order chi connectivity index (χ0) is 21.1. The van der Waals surface area contributed by atoms with Crippen LogP contribution in [0.4, 0.5) is 4.39 Å². The van der Waals surface area contributed by atoms with Crippen LogP contribution in [-0.4, -0.2) is 94.4 Å². The summed E-state index contributed by atoms with van der Waals surface area (Å²) < 4.78 is 22.2. The van der Waals surface area contributed by atoms with Gasteiger partial charge in [-0.15, -0.1) is 0 Å². The van der Waals surface area contributed by atoms with Crippen molar-refractivity contribution in [3.05, 3.63) is 47.8 Å². The topological polar surface area (TPSA) is 66.7 Å². The van der Waals surface area contributed by atoms with E-state index in [4.69, 9.17) is 4.74 Å². The van der Waals surface area contributed by atoms with E-state index in [1.807, 2.05) is 13.2 Å². The summed E-state index contributed by atoms with van der Waals surface area (Å²) in [7, 11) is 3.99. The summed E-state index contributed by atoms with van der Waals surface area (Å²) >= 11 is 0. The minimum atomic E-state index is -0.606. The Kier molecular flexibility index (Phi) is 6.40. The second-order valence-electron chi connectivity index (χ2n) is 8.11. The van der Waals surface area contributed by atoms with Crippen molar-refractivity contribution in [1.29, 1.82) is 0 Å². The molecule has 2 atom stereocenters. The van der Waals surface area contributed by atoms with Crippen molar-refractivity contribution in [2.45, 2.75) is 18.6 Å². The van der Waals surface area contributed by atoms with E-state index in [1.54, 1.807) is 15.8 Å². The number of halogens is 1. The van der Waals surface area contributed by atoms with Gasteiger partial charge in [0.15, 0.2) is 5.82 Å². The third-order valence-electron chi connectivity index (χ3n) is 5.93. The molecule has 0 spiro atoms. The maximum atomic E-state index is 14.3. The molecular formula is C21H29FN6O2. The zero-order valence-electron chi connectivity index (χ0n) is 17.6. The lowest BCUT2D eigenvalue weighted by Gasteiger charge is -2.42. The Morgan fingerprint density at radius 2 is 2.07 bits per heavy atom. The number of hydrogen-bond acceptors (Lipinski definition) is 6. The number of nitrogens with zero attached hydrogens (tertiary/aromatic N) is 6. The first-order valence-electron chi connectivity index (χ1n) is 10.4. The molecular weight excluding hydrogens is 387 g/mol. The van der Waals surface area contributed by atoms with Crippen molar-refractivity contribution in [2.24, 2.45) is 7.05 Å². The van der Waals surface area contributed by atoms with E-state index < -0.39 is 5.82 Å². The average Bonchev–Trinajstić information content (AvgIpc) is 3.06. The molecule has 0 unspecified atom stereocenters. The van der Waals surface area contributed by atoms with E-state index >= 15 is 0 Å². The van der Waals surface area contributed by atoms with Gasteiger partial charge in [-0.25, -0.2) is 4.39 Å². The van der Waals surface area contributed by atoms with Gasteiger partial charge in [0, 0.05) is 51.2 Å². The second kappa shape index (κ2) is 9.20. The molecule has 4 rings (SSSR count). The van der Waals surface area contributed by atoms with Gasteiger partial charge in [0.05, 0.1) is 36.7 Å². The molecule has 162 valence electrons. The van der Waals surface area contributed by atoms with E-state index in [1.165, 1.54) is 12.3 Å². The molecule has 0 aliphatic carbocycles. The number of hydrogen-bond donors (Lipinski definition) is 0. The molecule has 30 heavy (non-hydrogen) atoms. The van der Waals surface area contributed by atoms with Crippen LogP contribution in [0.15, 0.2) is 30.9 Å². The Morgan fingerprint density at radius 1 is 1.20 bits per heavy atom. The normalized spacial score (nSPS) is 24.0. The molecule has 0 saturated carbocycles. The van der Waals surface area contributed by atoms with E-state index in [9.17, 15) is 9.18 Å². The standard InChI is InChI=1S/C21H29FN6O2/c1-25-6-3-7-27(9-8-25)15-19-20(16-12-24-26(2)14-16)28(10-11-30-19)21(29)17-4-5-23-13-18(17)22/h4-5,12-14,19-20H,3,6-11,15H2,1-2H3/t19-,20-/m0/s1. The highest BCUT2D eigenvalue weighted by Crippen LogP contribution is 2.32. The molecule has 2 saturated heterocycles. The van der Waals surface area contributed by atoms with Gasteiger partial charge in [0.2, 0.25) is 0 Å². The van der Waals surface area contributed by atoms with E-state index in [0.29, 0.717) is 13.2 Å². The summed E-state index contributed by atoms with van der Waals surface area (Å²) in [6.07, 6.45) is 7.10. The van der Waals surface area contributed by atoms with Crippen LogP contribution in [0.1, 0.15) is 28.4 Å². The number of likely N-dealkylation sites (N-methyl/N-ethyl adjacent to an activating group) is 1. The minimum absolute atomic E-state index is 0.0379. The maximum Gasteiger partial charge on any atom is 0.257 e. The van der Waals surface area contributed by atoms with Crippen molar-refractivity contribution < 1.29 is 13.9 Å². The fourth-order valence-electron chi connectivity index (χ4n) is 4.34. The second-order valence-corrected chi connectivity index (χ2v) is 8.11. The predicted octanol–water partition coefficient (Wildman–Crippen LogP) is 1.17. The third kappa shape index (κ3) is 4.53. The van der Waals surface area contributed by atoms with Crippen molar-refractivity contribution in [3.8, 4) is 0 Å². The summed E-state index contributed by atoms with van der Waals surface area (Å²) in [6, 6.07) is 1.11. The fraction of sp³-hybridized carbons (Fsp3) is 0.571. The third-order valence-corrected chi connectivity index (χ3v) is 5.93. The lowest BCUT2D eigenvalue weighted by Crippen LogP contribution is -2.52. The molecule has 2 aliphatic heterocycles. The zero-order valence-corrected chi connectivity index (χ0v) is 17.6. The van der Waals surface area contributed by atoms with Gasteiger partial charge in [-0.05, 0) is 32.6 Å². The summed E-state index contributed by atoms with van der Waals surface area (Å²) in [5.74, 6) is -0.946. The molecule has 2 fully saturated rings. The van der Waals surface area contributed by atoms with Crippen LogP contribution < -0.4 is 0 Å². The quantitative estimate of drug-likeness (QED) is 0.746. The van der Waals surface area contributed by atoms with Gasteiger partial charge in [0.25, 0.3) is 5.91 Å². The minimum Gasteiger partial charge on any atom is -0.373 e. The lowest BCUT2D eigenvalue weighted by atomic mass is 9.99. The van der Waals surface area contributed by atoms with Gasteiger partial charge >= 0.3 is 0 Å². The number of ether oxygens (including phenoxy) is 1. The smallest absolute Gasteiger partial charge is 0.257 e. The fourth-order valence-corrected chi connectivity index (χ4v) is 4.34. The number of amides is 1. The SMILES string of the molecule is CN1CCCN(C[C@@H]2OCCN(C(=O)c3ccncc3F)[C@H]2c2cnn(C)c2)CC1. The van der Waals surface area contributed by atoms with E-state index in [0.717, 1.165) is 50.9 Å².